The Bertz CT molecular complexity index is 1590. The number of fused-ring (bicyclic) bond motifs is 7. The highest BCUT2D eigenvalue weighted by Gasteiger charge is 2.57. The van der Waals surface area contributed by atoms with Crippen LogP contribution in [0, 0.1) is 5.92 Å². The number of quaternary nitrogens is 2. The summed E-state index contributed by atoms with van der Waals surface area (Å²) < 4.78 is 1.85. The van der Waals surface area contributed by atoms with Crippen molar-refractivity contribution in [3.8, 4) is 11.1 Å². The standard InChI is InChI=1S/C32H34N4O6/c1-18(37)28-26-15-23(29(32(41)42)34(26)31(28)40)20-4-6-22-24(14-20)21-5-3-19(13-25(21)30(22)39)16-35-7-10-36(11-8-35,12-9-35)17-27(38)33-2/h3-6,13-14,18,26,28,37H,7-12,15-17H2,1-2H3/p+2/t18-,26-,28-,35?,36?/m1/s1. The fourth-order valence-electron chi connectivity index (χ4n) is 8.13. The van der Waals surface area contributed by atoms with Crippen LogP contribution in [0.1, 0.15) is 40.4 Å². The van der Waals surface area contributed by atoms with Crippen molar-refractivity contribution in [2.24, 2.45) is 5.92 Å². The number of amides is 2. The van der Waals surface area contributed by atoms with E-state index in [4.69, 9.17) is 0 Å². The molecule has 5 aliphatic heterocycles. The van der Waals surface area contributed by atoms with Gasteiger partial charge in [0.25, 0.3) is 5.91 Å². The Kier molecular flexibility index (Phi) is 5.99. The Morgan fingerprint density at radius 1 is 0.952 bits per heavy atom. The van der Waals surface area contributed by atoms with Crippen molar-refractivity contribution in [1.29, 1.82) is 0 Å². The first-order valence-electron chi connectivity index (χ1n) is 14.8. The van der Waals surface area contributed by atoms with E-state index in [-0.39, 0.29) is 29.3 Å². The van der Waals surface area contributed by atoms with Gasteiger partial charge in [0.2, 0.25) is 5.91 Å². The molecular weight excluding hydrogens is 536 g/mol. The van der Waals surface area contributed by atoms with E-state index in [0.29, 0.717) is 35.2 Å². The lowest BCUT2D eigenvalue weighted by Crippen LogP contribution is -2.75. The number of rotatable bonds is 7. The van der Waals surface area contributed by atoms with Crippen LogP contribution in [-0.2, 0) is 20.9 Å². The Morgan fingerprint density at radius 3 is 2.26 bits per heavy atom. The highest BCUT2D eigenvalue weighted by molar-refractivity contribution is 6.22. The summed E-state index contributed by atoms with van der Waals surface area (Å²) in [6.45, 7) is 8.98. The molecule has 0 saturated carbocycles. The Morgan fingerprint density at radius 2 is 1.62 bits per heavy atom. The van der Waals surface area contributed by atoms with Crippen molar-refractivity contribution < 1.29 is 38.4 Å². The van der Waals surface area contributed by atoms with Crippen LogP contribution < -0.4 is 5.32 Å². The number of aliphatic carboxylic acids is 1. The van der Waals surface area contributed by atoms with E-state index in [9.17, 15) is 29.4 Å². The third kappa shape index (κ3) is 3.89. The fourth-order valence-corrected chi connectivity index (χ4v) is 8.13. The topological polar surface area (TPSA) is 124 Å². The first kappa shape index (κ1) is 27.0. The van der Waals surface area contributed by atoms with Crippen molar-refractivity contribution in [3.63, 3.8) is 0 Å². The lowest BCUT2D eigenvalue weighted by molar-refractivity contribution is -1.08. The highest BCUT2D eigenvalue weighted by atomic mass is 16.4. The third-order valence-electron chi connectivity index (χ3n) is 10.6. The SMILES string of the molecule is CNC(=O)C[N+]12CC[N+](Cc3ccc4c(c3)C(=O)c3ccc(C5=C(C(=O)O)N6C(=O)[C@H]([C@@H](C)O)[C@H]6C5)cc3-4)(CC1)CC2. The quantitative estimate of drug-likeness (QED) is 0.289. The predicted molar refractivity (Wildman–Crippen MR) is 153 cm³/mol. The molecule has 6 aliphatic rings. The number of nitrogens with zero attached hydrogens (tertiary/aromatic N) is 3. The molecule has 0 aromatic heterocycles. The maximum Gasteiger partial charge on any atom is 0.352 e. The number of carboxylic acids is 1. The van der Waals surface area contributed by atoms with E-state index in [1.165, 1.54) is 4.90 Å². The minimum atomic E-state index is -1.17. The van der Waals surface area contributed by atoms with Gasteiger partial charge in [-0.25, -0.2) is 4.79 Å². The molecule has 10 heteroatoms. The molecule has 8 rings (SSSR count). The number of ketones is 1. The maximum atomic E-state index is 13.5. The van der Waals surface area contributed by atoms with Gasteiger partial charge in [0.1, 0.15) is 51.5 Å². The molecule has 3 N–H and O–H groups in total. The molecule has 10 nitrogen and oxygen atoms in total. The highest BCUT2D eigenvalue weighted by Crippen LogP contribution is 2.48. The van der Waals surface area contributed by atoms with Crippen LogP contribution >= 0.6 is 0 Å². The molecule has 4 saturated heterocycles. The van der Waals surface area contributed by atoms with E-state index in [0.717, 1.165) is 71.5 Å². The van der Waals surface area contributed by atoms with Crippen LogP contribution in [0.2, 0.25) is 0 Å². The largest absolute Gasteiger partial charge is 0.477 e. The molecule has 42 heavy (non-hydrogen) atoms. The first-order chi connectivity index (χ1) is 20.1. The number of β-lactam (4-membered cyclic amide) rings is 1. The molecule has 0 unspecified atom stereocenters. The van der Waals surface area contributed by atoms with Gasteiger partial charge >= 0.3 is 5.97 Å². The molecule has 2 bridgehead atoms. The van der Waals surface area contributed by atoms with E-state index < -0.39 is 18.0 Å². The molecule has 2 amide bonds. The molecule has 2 aromatic rings. The number of carbonyl (C=O) groups is 4. The number of aliphatic hydroxyl groups excluding tert-OH is 1. The number of carbonyl (C=O) groups excluding carboxylic acids is 3. The van der Waals surface area contributed by atoms with Crippen LogP contribution in [0.5, 0.6) is 0 Å². The number of piperazine rings is 3. The number of hydrogen-bond acceptors (Lipinski definition) is 5. The molecule has 3 atom stereocenters. The van der Waals surface area contributed by atoms with Gasteiger partial charge in [-0.2, -0.15) is 0 Å². The smallest absolute Gasteiger partial charge is 0.352 e. The minimum Gasteiger partial charge on any atom is -0.477 e. The van der Waals surface area contributed by atoms with Gasteiger partial charge in [0.15, 0.2) is 12.3 Å². The lowest BCUT2D eigenvalue weighted by Gasteiger charge is -2.55. The van der Waals surface area contributed by atoms with E-state index in [1.54, 1.807) is 26.1 Å². The number of carboxylic acid groups (broad SMARTS) is 1. The van der Waals surface area contributed by atoms with Crippen LogP contribution in [-0.4, -0.2) is 113 Å². The zero-order valence-corrected chi connectivity index (χ0v) is 23.9. The summed E-state index contributed by atoms with van der Waals surface area (Å²) in [6.07, 6.45) is -0.499. The van der Waals surface area contributed by atoms with E-state index in [2.05, 4.69) is 11.4 Å². The van der Waals surface area contributed by atoms with Crippen molar-refractivity contribution >= 4 is 29.1 Å². The van der Waals surface area contributed by atoms with Gasteiger partial charge in [-0.05, 0) is 53.8 Å². The van der Waals surface area contributed by atoms with Crippen molar-refractivity contribution in [1.82, 2.24) is 10.2 Å². The molecule has 218 valence electrons. The van der Waals surface area contributed by atoms with Crippen LogP contribution in [0.15, 0.2) is 42.1 Å². The van der Waals surface area contributed by atoms with Crippen LogP contribution in [0.4, 0.5) is 0 Å². The number of hydrogen-bond donors (Lipinski definition) is 3. The lowest BCUT2D eigenvalue weighted by atomic mass is 9.82. The van der Waals surface area contributed by atoms with Gasteiger partial charge in [0, 0.05) is 23.7 Å². The molecule has 2 aromatic carbocycles. The maximum absolute atomic E-state index is 13.5. The van der Waals surface area contributed by atoms with Crippen LogP contribution in [0.3, 0.4) is 0 Å². The van der Waals surface area contributed by atoms with Gasteiger partial charge < -0.3 is 29.4 Å². The second-order valence-electron chi connectivity index (χ2n) is 12.9. The molecule has 5 heterocycles. The zero-order chi connectivity index (χ0) is 29.6. The van der Waals surface area contributed by atoms with Crippen molar-refractivity contribution in [2.45, 2.75) is 32.0 Å². The zero-order valence-electron chi connectivity index (χ0n) is 23.9. The normalized spacial score (nSPS) is 29.6. The Balaban J connectivity index is 1.15. The number of aliphatic hydroxyl groups is 1. The van der Waals surface area contributed by atoms with Crippen LogP contribution in [0.25, 0.3) is 16.7 Å². The van der Waals surface area contributed by atoms with E-state index in [1.807, 2.05) is 18.2 Å². The summed E-state index contributed by atoms with van der Waals surface area (Å²) >= 11 is 0. The summed E-state index contributed by atoms with van der Waals surface area (Å²) in [4.78, 5) is 51.8. The van der Waals surface area contributed by atoms with E-state index >= 15 is 0 Å². The fraction of sp³-hybridized carbons (Fsp3) is 0.438. The van der Waals surface area contributed by atoms with Gasteiger partial charge in [0.05, 0.1) is 18.1 Å². The first-order valence-corrected chi connectivity index (χ1v) is 14.8. The summed E-state index contributed by atoms with van der Waals surface area (Å²) in [5.41, 5.74) is 5.23. The number of likely N-dealkylation sites (N-methyl/N-ethyl adjacent to an activating group) is 1. The monoisotopic (exact) mass is 572 g/mol. The molecular formula is C32H36N4O6+2. The second-order valence-corrected chi connectivity index (χ2v) is 12.9. The number of benzene rings is 2. The average Bonchev–Trinajstić information content (AvgIpc) is 3.46. The average molecular weight is 573 g/mol. The molecule has 1 aliphatic carbocycles. The van der Waals surface area contributed by atoms with Crippen molar-refractivity contribution in [2.75, 3.05) is 52.9 Å². The summed E-state index contributed by atoms with van der Waals surface area (Å²) in [5, 5.41) is 22.8. The predicted octanol–water partition coefficient (Wildman–Crippen LogP) is 1.21. The summed E-state index contributed by atoms with van der Waals surface area (Å²) in [6, 6.07) is 11.2. The summed E-state index contributed by atoms with van der Waals surface area (Å²) in [7, 11) is 1.69. The van der Waals surface area contributed by atoms with Crippen molar-refractivity contribution in [3.05, 3.63) is 64.3 Å². The Hall–Kier alpha value is -3.86. The molecule has 0 spiro atoms. The second kappa shape index (κ2) is 9.32. The number of nitrogens with one attached hydrogen (secondary N) is 1. The summed E-state index contributed by atoms with van der Waals surface area (Å²) in [5.74, 6) is -2.06. The van der Waals surface area contributed by atoms with Gasteiger partial charge in [-0.3, -0.25) is 14.4 Å². The van der Waals surface area contributed by atoms with Gasteiger partial charge in [-0.15, -0.1) is 0 Å². The minimum absolute atomic E-state index is 0.0287. The molecule has 0 radical (unpaired) electrons. The van der Waals surface area contributed by atoms with Gasteiger partial charge in [-0.1, -0.05) is 18.2 Å². The molecule has 4 fully saturated rings. The third-order valence-corrected chi connectivity index (χ3v) is 10.6. The Labute approximate surface area is 244 Å².